The summed E-state index contributed by atoms with van der Waals surface area (Å²) in [5.74, 6) is 0. The number of urea groups is 1. The second-order valence-electron chi connectivity index (χ2n) is 2.78. The van der Waals surface area contributed by atoms with Crippen LogP contribution in [0.15, 0.2) is 18.2 Å². The van der Waals surface area contributed by atoms with E-state index in [1.807, 2.05) is 13.0 Å². The molecule has 0 aromatic heterocycles. The molecule has 2 amide bonds. The first-order chi connectivity index (χ1) is 6.13. The van der Waals surface area contributed by atoms with Crippen molar-refractivity contribution < 1.29 is 4.79 Å². The molecule has 1 rings (SSSR count). The minimum absolute atomic E-state index is 0.247. The zero-order chi connectivity index (χ0) is 9.84. The summed E-state index contributed by atoms with van der Waals surface area (Å²) < 4.78 is 0. The highest BCUT2D eigenvalue weighted by Gasteiger charge is 1.99. The molecule has 0 saturated heterocycles. The summed E-state index contributed by atoms with van der Waals surface area (Å²) in [5, 5.41) is 5.09. The number of nitrogens with one attached hydrogen (secondary N) is 2. The normalized spacial score (nSPS) is 9.38. The fourth-order valence-electron chi connectivity index (χ4n) is 0.912. The largest absolute Gasteiger partial charge is 0.398 e. The second-order valence-corrected chi connectivity index (χ2v) is 2.78. The lowest BCUT2D eigenvalue weighted by molar-refractivity contribution is 0.254. The Morgan fingerprint density at radius 3 is 2.69 bits per heavy atom. The van der Waals surface area contributed by atoms with E-state index in [9.17, 15) is 4.79 Å². The Morgan fingerprint density at radius 1 is 1.46 bits per heavy atom. The highest BCUT2D eigenvalue weighted by atomic mass is 16.2. The van der Waals surface area contributed by atoms with Gasteiger partial charge < -0.3 is 16.4 Å². The molecule has 0 radical (unpaired) electrons. The van der Waals surface area contributed by atoms with Crippen LogP contribution < -0.4 is 16.4 Å². The van der Waals surface area contributed by atoms with Crippen LogP contribution in [0.3, 0.4) is 0 Å². The number of hydrogen-bond acceptors (Lipinski definition) is 2. The maximum Gasteiger partial charge on any atom is 0.318 e. The summed E-state index contributed by atoms with van der Waals surface area (Å²) in [6.45, 7) is 1.92. The minimum Gasteiger partial charge on any atom is -0.398 e. The third kappa shape index (κ3) is 2.37. The molecule has 0 fully saturated rings. The monoisotopic (exact) mass is 179 g/mol. The molecular weight excluding hydrogens is 166 g/mol. The van der Waals surface area contributed by atoms with E-state index in [2.05, 4.69) is 10.6 Å². The van der Waals surface area contributed by atoms with E-state index < -0.39 is 0 Å². The molecule has 13 heavy (non-hydrogen) atoms. The predicted octanol–water partition coefficient (Wildman–Crippen LogP) is 1.33. The topological polar surface area (TPSA) is 67.2 Å². The highest BCUT2D eigenvalue weighted by Crippen LogP contribution is 2.16. The number of rotatable bonds is 1. The van der Waals surface area contributed by atoms with Crippen molar-refractivity contribution in [2.75, 3.05) is 18.1 Å². The van der Waals surface area contributed by atoms with Crippen LogP contribution in [-0.4, -0.2) is 13.1 Å². The SMILES string of the molecule is CNC(=O)Nc1ccc(C)c(N)c1. The van der Waals surface area contributed by atoms with E-state index in [0.717, 1.165) is 5.56 Å². The molecule has 0 spiro atoms. The van der Waals surface area contributed by atoms with Gasteiger partial charge in [-0.2, -0.15) is 0 Å². The number of nitrogens with two attached hydrogens (primary N) is 1. The quantitative estimate of drug-likeness (QED) is 0.569. The smallest absolute Gasteiger partial charge is 0.318 e. The van der Waals surface area contributed by atoms with E-state index in [1.165, 1.54) is 0 Å². The third-order valence-electron chi connectivity index (χ3n) is 1.76. The fourth-order valence-corrected chi connectivity index (χ4v) is 0.912. The van der Waals surface area contributed by atoms with Crippen LogP contribution in [0, 0.1) is 6.92 Å². The van der Waals surface area contributed by atoms with Gasteiger partial charge in [-0.05, 0) is 24.6 Å². The van der Waals surface area contributed by atoms with Gasteiger partial charge in [0, 0.05) is 18.4 Å². The zero-order valence-corrected chi connectivity index (χ0v) is 7.72. The number of carbonyl (C=O) groups is 1. The predicted molar refractivity (Wildman–Crippen MR) is 53.7 cm³/mol. The molecule has 1 aromatic rings. The highest BCUT2D eigenvalue weighted by molar-refractivity contribution is 5.89. The van der Waals surface area contributed by atoms with Gasteiger partial charge in [-0.25, -0.2) is 4.79 Å². The van der Waals surface area contributed by atoms with Crippen LogP contribution in [0.25, 0.3) is 0 Å². The van der Waals surface area contributed by atoms with Gasteiger partial charge in [-0.15, -0.1) is 0 Å². The van der Waals surface area contributed by atoms with Crippen LogP contribution in [0.5, 0.6) is 0 Å². The lowest BCUT2D eigenvalue weighted by Gasteiger charge is -2.06. The molecule has 0 unspecified atom stereocenters. The first kappa shape index (κ1) is 9.38. The average molecular weight is 179 g/mol. The molecule has 4 N–H and O–H groups in total. The number of benzene rings is 1. The van der Waals surface area contributed by atoms with Gasteiger partial charge >= 0.3 is 6.03 Å². The molecule has 0 saturated carbocycles. The zero-order valence-electron chi connectivity index (χ0n) is 7.72. The summed E-state index contributed by atoms with van der Waals surface area (Å²) in [7, 11) is 1.56. The summed E-state index contributed by atoms with van der Waals surface area (Å²) in [5.41, 5.74) is 8.04. The van der Waals surface area contributed by atoms with Crippen molar-refractivity contribution in [2.45, 2.75) is 6.92 Å². The Balaban J connectivity index is 2.79. The number of carbonyl (C=O) groups excluding carboxylic acids is 1. The van der Waals surface area contributed by atoms with E-state index in [1.54, 1.807) is 19.2 Å². The fraction of sp³-hybridized carbons (Fsp3) is 0.222. The van der Waals surface area contributed by atoms with Crippen molar-refractivity contribution >= 4 is 17.4 Å². The third-order valence-corrected chi connectivity index (χ3v) is 1.76. The first-order valence-electron chi connectivity index (χ1n) is 3.98. The maximum atomic E-state index is 10.9. The van der Waals surface area contributed by atoms with Crippen molar-refractivity contribution in [1.82, 2.24) is 5.32 Å². The molecule has 0 atom stereocenters. The summed E-state index contributed by atoms with van der Waals surface area (Å²) in [4.78, 5) is 10.9. The van der Waals surface area contributed by atoms with E-state index >= 15 is 0 Å². The van der Waals surface area contributed by atoms with Crippen molar-refractivity contribution in [3.63, 3.8) is 0 Å². The lowest BCUT2D eigenvalue weighted by Crippen LogP contribution is -2.24. The Bertz CT molecular complexity index is 323. The van der Waals surface area contributed by atoms with Gasteiger partial charge in [0.2, 0.25) is 0 Å². The van der Waals surface area contributed by atoms with Crippen molar-refractivity contribution in [1.29, 1.82) is 0 Å². The van der Waals surface area contributed by atoms with Crippen LogP contribution in [0.1, 0.15) is 5.56 Å². The number of amides is 2. The molecule has 0 aliphatic heterocycles. The molecule has 0 aliphatic rings. The summed E-state index contributed by atoms with van der Waals surface area (Å²) in [6.07, 6.45) is 0. The molecule has 4 heteroatoms. The van der Waals surface area contributed by atoms with Gasteiger partial charge in [0.25, 0.3) is 0 Å². The van der Waals surface area contributed by atoms with E-state index in [-0.39, 0.29) is 6.03 Å². The standard InChI is InChI=1S/C9H13N3O/c1-6-3-4-7(5-8(6)10)12-9(13)11-2/h3-5H,10H2,1-2H3,(H2,11,12,13). The second kappa shape index (κ2) is 3.80. The summed E-state index contributed by atoms with van der Waals surface area (Å²) in [6, 6.07) is 5.15. The molecule has 4 nitrogen and oxygen atoms in total. The Labute approximate surface area is 77.1 Å². The van der Waals surface area contributed by atoms with E-state index in [4.69, 9.17) is 5.73 Å². The van der Waals surface area contributed by atoms with Gasteiger partial charge in [0.05, 0.1) is 0 Å². The van der Waals surface area contributed by atoms with Gasteiger partial charge in [-0.3, -0.25) is 0 Å². The Morgan fingerprint density at radius 2 is 2.15 bits per heavy atom. The minimum atomic E-state index is -0.247. The van der Waals surface area contributed by atoms with Gasteiger partial charge in [0.15, 0.2) is 0 Å². The number of anilines is 2. The molecule has 0 bridgehead atoms. The number of aryl methyl sites for hydroxylation is 1. The van der Waals surface area contributed by atoms with Gasteiger partial charge in [-0.1, -0.05) is 6.07 Å². The lowest BCUT2D eigenvalue weighted by atomic mass is 10.2. The molecule has 70 valence electrons. The maximum absolute atomic E-state index is 10.9. The molecular formula is C9H13N3O. The van der Waals surface area contributed by atoms with Crippen LogP contribution in [-0.2, 0) is 0 Å². The van der Waals surface area contributed by atoms with Crippen molar-refractivity contribution in [3.05, 3.63) is 23.8 Å². The average Bonchev–Trinajstić information content (AvgIpc) is 2.11. The van der Waals surface area contributed by atoms with Gasteiger partial charge in [0.1, 0.15) is 0 Å². The first-order valence-corrected chi connectivity index (χ1v) is 3.98. The van der Waals surface area contributed by atoms with Crippen LogP contribution in [0.4, 0.5) is 16.2 Å². The van der Waals surface area contributed by atoms with E-state index in [0.29, 0.717) is 11.4 Å². The number of nitrogen functional groups attached to an aromatic ring is 1. The van der Waals surface area contributed by atoms with Crippen LogP contribution in [0.2, 0.25) is 0 Å². The number of hydrogen-bond donors (Lipinski definition) is 3. The van der Waals surface area contributed by atoms with Crippen molar-refractivity contribution in [2.24, 2.45) is 0 Å². The van der Waals surface area contributed by atoms with Crippen LogP contribution >= 0.6 is 0 Å². The molecule has 1 aromatic carbocycles. The summed E-state index contributed by atoms with van der Waals surface area (Å²) >= 11 is 0. The van der Waals surface area contributed by atoms with Crippen molar-refractivity contribution in [3.8, 4) is 0 Å². The molecule has 0 aliphatic carbocycles. The Hall–Kier alpha value is -1.71. The Kier molecular flexibility index (Phi) is 2.74. The molecule has 0 heterocycles.